The van der Waals surface area contributed by atoms with Crippen LogP contribution >= 0.6 is 0 Å². The van der Waals surface area contributed by atoms with Crippen molar-refractivity contribution in [3.8, 4) is 0 Å². The van der Waals surface area contributed by atoms with E-state index >= 15 is 0 Å². The van der Waals surface area contributed by atoms with E-state index in [9.17, 15) is 13.2 Å². The van der Waals surface area contributed by atoms with Crippen molar-refractivity contribution in [3.63, 3.8) is 0 Å². The van der Waals surface area contributed by atoms with E-state index in [0.717, 1.165) is 18.5 Å². The van der Waals surface area contributed by atoms with Crippen LogP contribution in [-0.4, -0.2) is 33.7 Å². The summed E-state index contributed by atoms with van der Waals surface area (Å²) in [7, 11) is -3.18. The Bertz CT molecular complexity index is 538. The molecular weight excluding hydrogens is 276 g/mol. The Morgan fingerprint density at radius 1 is 1.25 bits per heavy atom. The van der Waals surface area contributed by atoms with Gasteiger partial charge in [-0.05, 0) is 37.6 Å². The van der Waals surface area contributed by atoms with E-state index in [1.54, 1.807) is 24.3 Å². The van der Waals surface area contributed by atoms with Crippen LogP contribution in [0.15, 0.2) is 29.2 Å². The van der Waals surface area contributed by atoms with Gasteiger partial charge in [-0.1, -0.05) is 19.1 Å². The van der Waals surface area contributed by atoms with E-state index in [2.05, 4.69) is 10.6 Å². The molecule has 0 heterocycles. The largest absolute Gasteiger partial charge is 0.348 e. The molecule has 0 spiro atoms. The minimum atomic E-state index is -3.18. The molecular formula is C14H22N2O3S. The molecule has 0 saturated heterocycles. The molecule has 0 radical (unpaired) electrons. The highest BCUT2D eigenvalue weighted by Gasteiger charge is 2.11. The summed E-state index contributed by atoms with van der Waals surface area (Å²) in [6.45, 7) is 5.01. The number of sulfone groups is 1. The molecule has 6 heteroatoms. The van der Waals surface area contributed by atoms with E-state index < -0.39 is 9.84 Å². The summed E-state index contributed by atoms with van der Waals surface area (Å²) >= 11 is 0. The molecule has 1 rings (SSSR count). The van der Waals surface area contributed by atoms with Gasteiger partial charge in [0.15, 0.2) is 9.84 Å². The Morgan fingerprint density at radius 3 is 2.35 bits per heavy atom. The normalized spacial score (nSPS) is 12.9. The van der Waals surface area contributed by atoms with Crippen molar-refractivity contribution in [2.75, 3.05) is 19.3 Å². The number of amides is 1. The first-order valence-corrected chi connectivity index (χ1v) is 8.54. The molecule has 1 atom stereocenters. The standard InChI is InChI=1S/C14H22N2O3S/c1-4-9-15-10-14(17)16-11(2)12-5-7-13(8-6-12)20(3,18)19/h5-8,11,15H,4,9-10H2,1-3H3,(H,16,17). The van der Waals surface area contributed by atoms with Crippen molar-refractivity contribution in [2.24, 2.45) is 0 Å². The van der Waals surface area contributed by atoms with Crippen molar-refractivity contribution in [1.29, 1.82) is 0 Å². The molecule has 2 N–H and O–H groups in total. The van der Waals surface area contributed by atoms with Gasteiger partial charge in [0.2, 0.25) is 5.91 Å². The third-order valence-electron chi connectivity index (χ3n) is 2.90. The smallest absolute Gasteiger partial charge is 0.234 e. The first-order valence-electron chi connectivity index (χ1n) is 6.64. The fourth-order valence-corrected chi connectivity index (χ4v) is 2.39. The van der Waals surface area contributed by atoms with Gasteiger partial charge >= 0.3 is 0 Å². The van der Waals surface area contributed by atoms with Gasteiger partial charge < -0.3 is 10.6 Å². The van der Waals surface area contributed by atoms with Gasteiger partial charge in [0.1, 0.15) is 0 Å². The molecule has 0 fully saturated rings. The van der Waals surface area contributed by atoms with Gasteiger partial charge in [-0.2, -0.15) is 0 Å². The van der Waals surface area contributed by atoms with Crippen LogP contribution in [-0.2, 0) is 14.6 Å². The van der Waals surface area contributed by atoms with Gasteiger partial charge in [-0.3, -0.25) is 4.79 Å². The van der Waals surface area contributed by atoms with Gasteiger partial charge in [0.25, 0.3) is 0 Å². The molecule has 5 nitrogen and oxygen atoms in total. The predicted octanol–water partition coefficient (Wildman–Crippen LogP) is 1.27. The zero-order chi connectivity index (χ0) is 15.2. The Labute approximate surface area is 120 Å². The Hall–Kier alpha value is -1.40. The number of rotatable bonds is 7. The van der Waals surface area contributed by atoms with Gasteiger partial charge in [0.05, 0.1) is 17.5 Å². The number of benzene rings is 1. The summed E-state index contributed by atoms with van der Waals surface area (Å²) in [6.07, 6.45) is 2.16. The first-order chi connectivity index (χ1) is 9.34. The quantitative estimate of drug-likeness (QED) is 0.743. The highest BCUT2D eigenvalue weighted by Crippen LogP contribution is 2.15. The fraction of sp³-hybridized carbons (Fsp3) is 0.500. The molecule has 0 aliphatic rings. The van der Waals surface area contributed by atoms with Gasteiger partial charge in [0, 0.05) is 6.26 Å². The summed E-state index contributed by atoms with van der Waals surface area (Å²) in [5, 5.41) is 5.89. The Kier molecular flexibility index (Phi) is 6.16. The predicted molar refractivity (Wildman–Crippen MR) is 79.3 cm³/mol. The van der Waals surface area contributed by atoms with Crippen molar-refractivity contribution in [1.82, 2.24) is 10.6 Å². The summed E-state index contributed by atoms with van der Waals surface area (Å²) in [5.74, 6) is -0.0712. The second-order valence-corrected chi connectivity index (χ2v) is 6.82. The number of hydrogen-bond acceptors (Lipinski definition) is 4. The van der Waals surface area contributed by atoms with Crippen molar-refractivity contribution >= 4 is 15.7 Å². The topological polar surface area (TPSA) is 75.3 Å². The minimum Gasteiger partial charge on any atom is -0.348 e. The lowest BCUT2D eigenvalue weighted by molar-refractivity contribution is -0.120. The lowest BCUT2D eigenvalue weighted by Gasteiger charge is -2.15. The lowest BCUT2D eigenvalue weighted by Crippen LogP contribution is -2.35. The molecule has 0 saturated carbocycles. The van der Waals surface area contributed by atoms with E-state index in [-0.39, 0.29) is 16.8 Å². The van der Waals surface area contributed by atoms with Crippen molar-refractivity contribution in [3.05, 3.63) is 29.8 Å². The average Bonchev–Trinajstić information content (AvgIpc) is 2.38. The minimum absolute atomic E-state index is 0.0712. The highest BCUT2D eigenvalue weighted by atomic mass is 32.2. The van der Waals surface area contributed by atoms with E-state index in [1.807, 2.05) is 13.8 Å². The molecule has 0 aromatic heterocycles. The van der Waals surface area contributed by atoms with E-state index in [1.165, 1.54) is 6.26 Å². The van der Waals surface area contributed by atoms with Crippen LogP contribution in [0.25, 0.3) is 0 Å². The van der Waals surface area contributed by atoms with E-state index in [0.29, 0.717) is 6.54 Å². The number of hydrogen-bond donors (Lipinski definition) is 2. The maximum Gasteiger partial charge on any atom is 0.234 e. The molecule has 0 bridgehead atoms. The first kappa shape index (κ1) is 16.7. The van der Waals surface area contributed by atoms with Gasteiger partial charge in [-0.15, -0.1) is 0 Å². The molecule has 0 aliphatic carbocycles. The van der Waals surface area contributed by atoms with E-state index in [4.69, 9.17) is 0 Å². The van der Waals surface area contributed by atoms with Crippen molar-refractivity contribution in [2.45, 2.75) is 31.2 Å². The third-order valence-corrected chi connectivity index (χ3v) is 4.03. The monoisotopic (exact) mass is 298 g/mol. The molecule has 0 aliphatic heterocycles. The fourth-order valence-electron chi connectivity index (χ4n) is 1.76. The second kappa shape index (κ2) is 7.40. The lowest BCUT2D eigenvalue weighted by atomic mass is 10.1. The Balaban J connectivity index is 2.60. The van der Waals surface area contributed by atoms with Crippen LogP contribution in [0.1, 0.15) is 31.9 Å². The molecule has 1 unspecified atom stereocenters. The second-order valence-electron chi connectivity index (χ2n) is 4.81. The average molecular weight is 298 g/mol. The summed E-state index contributed by atoms with van der Waals surface area (Å²) in [4.78, 5) is 11.9. The summed E-state index contributed by atoms with van der Waals surface area (Å²) < 4.78 is 22.7. The number of nitrogens with one attached hydrogen (secondary N) is 2. The van der Waals surface area contributed by atoms with Gasteiger partial charge in [-0.25, -0.2) is 8.42 Å². The summed E-state index contributed by atoms with van der Waals surface area (Å²) in [5.41, 5.74) is 0.876. The van der Waals surface area contributed by atoms with Crippen LogP contribution in [0.5, 0.6) is 0 Å². The zero-order valence-electron chi connectivity index (χ0n) is 12.1. The number of carbonyl (C=O) groups excluding carboxylic acids is 1. The molecule has 112 valence electrons. The zero-order valence-corrected chi connectivity index (χ0v) is 13.0. The van der Waals surface area contributed by atoms with Crippen LogP contribution in [0.3, 0.4) is 0 Å². The van der Waals surface area contributed by atoms with Crippen molar-refractivity contribution < 1.29 is 13.2 Å². The number of carbonyl (C=O) groups is 1. The Morgan fingerprint density at radius 2 is 1.85 bits per heavy atom. The van der Waals surface area contributed by atoms with Crippen LogP contribution < -0.4 is 10.6 Å². The molecule has 1 amide bonds. The van der Waals surface area contributed by atoms with Crippen LogP contribution in [0, 0.1) is 0 Å². The third kappa shape index (κ3) is 5.30. The highest BCUT2D eigenvalue weighted by molar-refractivity contribution is 7.90. The maximum absolute atomic E-state index is 11.7. The molecule has 20 heavy (non-hydrogen) atoms. The maximum atomic E-state index is 11.7. The SMILES string of the molecule is CCCNCC(=O)NC(C)c1ccc(S(C)(=O)=O)cc1. The van der Waals surface area contributed by atoms with Crippen LogP contribution in [0.2, 0.25) is 0 Å². The summed E-state index contributed by atoms with van der Waals surface area (Å²) in [6, 6.07) is 6.41. The van der Waals surface area contributed by atoms with Crippen LogP contribution in [0.4, 0.5) is 0 Å². The molecule has 1 aromatic carbocycles. The molecule has 1 aromatic rings.